The number of Topliss-reactive ketones (excluding diaryl/α,β-unsaturated/α-hetero) is 1. The van der Waals surface area contributed by atoms with E-state index in [1.807, 2.05) is 37.3 Å². The number of benzene rings is 1. The SMILES string of the molecule is CC(=O)c1cc(C#N)c(NCc2ccccc2)[nH+]c1C. The zero-order chi connectivity index (χ0) is 14.5. The zero-order valence-corrected chi connectivity index (χ0v) is 11.5. The number of rotatable bonds is 4. The maximum absolute atomic E-state index is 11.5. The minimum absolute atomic E-state index is 0.0511. The van der Waals surface area contributed by atoms with E-state index in [4.69, 9.17) is 0 Å². The molecule has 2 aromatic rings. The molecule has 0 atom stereocenters. The van der Waals surface area contributed by atoms with Crippen molar-refractivity contribution in [2.45, 2.75) is 20.4 Å². The molecule has 0 saturated heterocycles. The van der Waals surface area contributed by atoms with E-state index in [1.165, 1.54) is 6.92 Å². The summed E-state index contributed by atoms with van der Waals surface area (Å²) in [6.45, 7) is 3.94. The van der Waals surface area contributed by atoms with Crippen LogP contribution in [0, 0.1) is 18.3 Å². The van der Waals surface area contributed by atoms with E-state index >= 15 is 0 Å². The Labute approximate surface area is 118 Å². The molecule has 2 rings (SSSR count). The lowest BCUT2D eigenvalue weighted by molar-refractivity contribution is -0.371. The Bertz CT molecular complexity index is 672. The molecule has 0 bridgehead atoms. The van der Waals surface area contributed by atoms with Crippen LogP contribution >= 0.6 is 0 Å². The van der Waals surface area contributed by atoms with Gasteiger partial charge in [-0.05, 0) is 25.5 Å². The number of aromatic nitrogens is 1. The summed E-state index contributed by atoms with van der Waals surface area (Å²) < 4.78 is 0. The smallest absolute Gasteiger partial charge is 0.290 e. The predicted octanol–water partition coefficient (Wildman–Crippen LogP) is 2.50. The highest BCUT2D eigenvalue weighted by molar-refractivity contribution is 5.95. The summed E-state index contributed by atoms with van der Waals surface area (Å²) in [5, 5.41) is 12.4. The lowest BCUT2D eigenvalue weighted by Gasteiger charge is -2.05. The van der Waals surface area contributed by atoms with Crippen LogP contribution in [0.25, 0.3) is 0 Å². The van der Waals surface area contributed by atoms with Gasteiger partial charge in [-0.1, -0.05) is 30.3 Å². The van der Waals surface area contributed by atoms with Gasteiger partial charge in [-0.2, -0.15) is 5.26 Å². The van der Waals surface area contributed by atoms with Crippen LogP contribution in [0.4, 0.5) is 5.82 Å². The number of carbonyl (C=O) groups excluding carboxylic acids is 1. The first-order valence-electron chi connectivity index (χ1n) is 6.37. The average Bonchev–Trinajstić information content (AvgIpc) is 2.46. The Morgan fingerprint density at radius 3 is 2.65 bits per heavy atom. The number of carbonyl (C=O) groups is 1. The number of aryl methyl sites for hydroxylation is 1. The molecule has 0 aliphatic carbocycles. The lowest BCUT2D eigenvalue weighted by atomic mass is 10.1. The monoisotopic (exact) mass is 266 g/mol. The highest BCUT2D eigenvalue weighted by Gasteiger charge is 2.16. The van der Waals surface area contributed by atoms with E-state index in [9.17, 15) is 10.1 Å². The van der Waals surface area contributed by atoms with Gasteiger partial charge in [0.1, 0.15) is 23.9 Å². The molecule has 20 heavy (non-hydrogen) atoms. The Morgan fingerprint density at radius 1 is 1.35 bits per heavy atom. The van der Waals surface area contributed by atoms with Crippen molar-refractivity contribution >= 4 is 11.6 Å². The Morgan fingerprint density at radius 2 is 2.05 bits per heavy atom. The maximum atomic E-state index is 11.5. The molecule has 4 nitrogen and oxygen atoms in total. The van der Waals surface area contributed by atoms with Gasteiger partial charge in [0, 0.05) is 0 Å². The van der Waals surface area contributed by atoms with Crippen LogP contribution in [-0.4, -0.2) is 5.78 Å². The van der Waals surface area contributed by atoms with E-state index in [1.54, 1.807) is 6.07 Å². The van der Waals surface area contributed by atoms with Crippen molar-refractivity contribution in [1.82, 2.24) is 0 Å². The first kappa shape index (κ1) is 13.8. The van der Waals surface area contributed by atoms with Gasteiger partial charge in [0.15, 0.2) is 5.78 Å². The molecule has 4 heteroatoms. The van der Waals surface area contributed by atoms with Crippen molar-refractivity contribution in [3.05, 3.63) is 58.8 Å². The first-order chi connectivity index (χ1) is 9.61. The van der Waals surface area contributed by atoms with Gasteiger partial charge >= 0.3 is 0 Å². The van der Waals surface area contributed by atoms with Crippen LogP contribution in [0.15, 0.2) is 36.4 Å². The lowest BCUT2D eigenvalue weighted by Crippen LogP contribution is -2.21. The van der Waals surface area contributed by atoms with Crippen molar-refractivity contribution in [3.63, 3.8) is 0 Å². The van der Waals surface area contributed by atoms with E-state index in [2.05, 4.69) is 16.4 Å². The number of nitrogens with one attached hydrogen (secondary N) is 2. The minimum Gasteiger partial charge on any atom is -0.294 e. The van der Waals surface area contributed by atoms with Gasteiger partial charge < -0.3 is 0 Å². The summed E-state index contributed by atoms with van der Waals surface area (Å²) in [5.41, 5.74) is 2.87. The van der Waals surface area contributed by atoms with Crippen LogP contribution < -0.4 is 10.3 Å². The topological polar surface area (TPSA) is 67.0 Å². The molecule has 0 amide bonds. The first-order valence-corrected chi connectivity index (χ1v) is 6.37. The van der Waals surface area contributed by atoms with Crippen molar-refractivity contribution in [1.29, 1.82) is 5.26 Å². The Balaban J connectivity index is 2.26. The highest BCUT2D eigenvalue weighted by Crippen LogP contribution is 2.14. The summed E-state index contributed by atoms with van der Waals surface area (Å²) >= 11 is 0. The van der Waals surface area contributed by atoms with Gasteiger partial charge in [0.2, 0.25) is 0 Å². The molecule has 2 N–H and O–H groups in total. The molecular weight excluding hydrogens is 250 g/mol. The summed E-state index contributed by atoms with van der Waals surface area (Å²) in [5.74, 6) is 0.587. The summed E-state index contributed by atoms with van der Waals surface area (Å²) in [7, 11) is 0. The second-order valence-electron chi connectivity index (χ2n) is 4.60. The van der Waals surface area contributed by atoms with Crippen LogP contribution in [0.3, 0.4) is 0 Å². The second kappa shape index (κ2) is 5.98. The molecule has 0 unspecified atom stereocenters. The van der Waals surface area contributed by atoms with Crippen molar-refractivity contribution in [3.8, 4) is 6.07 Å². The third-order valence-electron chi connectivity index (χ3n) is 3.09. The molecule has 0 radical (unpaired) electrons. The van der Waals surface area contributed by atoms with Crippen molar-refractivity contribution in [2.24, 2.45) is 0 Å². The number of hydrogen-bond acceptors (Lipinski definition) is 3. The maximum Gasteiger partial charge on any atom is 0.290 e. The molecule has 0 spiro atoms. The largest absolute Gasteiger partial charge is 0.294 e. The molecule has 1 heterocycles. The number of anilines is 1. The van der Waals surface area contributed by atoms with Crippen molar-refractivity contribution < 1.29 is 9.78 Å². The van der Waals surface area contributed by atoms with Gasteiger partial charge in [0.05, 0.1) is 5.56 Å². The molecule has 0 saturated carbocycles. The molecule has 1 aromatic heterocycles. The number of nitrogens with zero attached hydrogens (tertiary/aromatic N) is 1. The highest BCUT2D eigenvalue weighted by atomic mass is 16.1. The fourth-order valence-corrected chi connectivity index (χ4v) is 2.03. The van der Waals surface area contributed by atoms with Crippen LogP contribution in [0.2, 0.25) is 0 Å². The number of ketones is 1. The normalized spacial score (nSPS) is 9.85. The van der Waals surface area contributed by atoms with Gasteiger partial charge in [0.25, 0.3) is 5.82 Å². The van der Waals surface area contributed by atoms with Gasteiger partial charge in [-0.3, -0.25) is 10.1 Å². The van der Waals surface area contributed by atoms with Crippen LogP contribution in [-0.2, 0) is 6.54 Å². The molecule has 0 fully saturated rings. The molecule has 0 aliphatic heterocycles. The standard InChI is InChI=1S/C16H15N3O/c1-11-15(12(2)20)8-14(9-17)16(19-11)18-10-13-6-4-3-5-7-13/h3-8H,10H2,1-2H3,(H,18,19)/p+1. The van der Waals surface area contributed by atoms with E-state index in [0.717, 1.165) is 11.3 Å². The number of nitriles is 1. The van der Waals surface area contributed by atoms with Gasteiger partial charge in [-0.25, -0.2) is 4.98 Å². The third kappa shape index (κ3) is 3.01. The molecule has 1 aromatic carbocycles. The average molecular weight is 266 g/mol. The summed E-state index contributed by atoms with van der Waals surface area (Å²) in [6, 6.07) is 13.7. The van der Waals surface area contributed by atoms with E-state index in [0.29, 0.717) is 23.5 Å². The number of hydrogen-bond donors (Lipinski definition) is 1. The Hall–Kier alpha value is -2.67. The number of H-pyrrole nitrogens is 1. The molecular formula is C16H16N3O+. The molecule has 0 aliphatic rings. The fourth-order valence-electron chi connectivity index (χ4n) is 2.03. The van der Waals surface area contributed by atoms with Crippen LogP contribution in [0.5, 0.6) is 0 Å². The van der Waals surface area contributed by atoms with Crippen LogP contribution in [0.1, 0.15) is 34.1 Å². The third-order valence-corrected chi connectivity index (χ3v) is 3.09. The fraction of sp³-hybridized carbons (Fsp3) is 0.188. The quantitative estimate of drug-likeness (QED) is 0.864. The van der Waals surface area contributed by atoms with Crippen molar-refractivity contribution in [2.75, 3.05) is 5.32 Å². The second-order valence-corrected chi connectivity index (χ2v) is 4.60. The summed E-state index contributed by atoms with van der Waals surface area (Å²) in [6.07, 6.45) is 0. The Kier molecular flexibility index (Phi) is 4.11. The number of aromatic amines is 1. The molecule has 100 valence electrons. The summed E-state index contributed by atoms with van der Waals surface area (Å²) in [4.78, 5) is 14.6. The number of pyridine rings is 1. The predicted molar refractivity (Wildman–Crippen MR) is 76.2 cm³/mol. The minimum atomic E-state index is -0.0511. The van der Waals surface area contributed by atoms with E-state index < -0.39 is 0 Å². The zero-order valence-electron chi connectivity index (χ0n) is 11.5. The van der Waals surface area contributed by atoms with Gasteiger partial charge in [-0.15, -0.1) is 0 Å². The van der Waals surface area contributed by atoms with E-state index in [-0.39, 0.29) is 5.78 Å².